The summed E-state index contributed by atoms with van der Waals surface area (Å²) in [5.74, 6) is 1.81. The van der Waals surface area contributed by atoms with Gasteiger partial charge in [-0.25, -0.2) is 0 Å². The Morgan fingerprint density at radius 1 is 1.36 bits per heavy atom. The van der Waals surface area contributed by atoms with Gasteiger partial charge >= 0.3 is 0 Å². The zero-order valence-corrected chi connectivity index (χ0v) is 16.4. The molecule has 3 heterocycles. The van der Waals surface area contributed by atoms with Crippen molar-refractivity contribution in [3.8, 4) is 0 Å². The van der Waals surface area contributed by atoms with Gasteiger partial charge in [-0.1, -0.05) is 19.3 Å². The third kappa shape index (κ3) is 3.84. The number of aromatic amines is 1. The SMILES string of the molecule is CN(C(=O)CCCOC1=CC2C=Nc3c([nH]ccc3=O)N2C1)C1CCCCC1. The Bertz CT molecular complexity index is 838. The van der Waals surface area contributed by atoms with Crippen LogP contribution in [-0.4, -0.2) is 54.3 Å². The van der Waals surface area contributed by atoms with Gasteiger partial charge in [-0.3, -0.25) is 14.6 Å². The van der Waals surface area contributed by atoms with Crippen molar-refractivity contribution in [2.24, 2.45) is 4.99 Å². The first-order chi connectivity index (χ1) is 13.6. The summed E-state index contributed by atoms with van der Waals surface area (Å²) in [6, 6.07) is 1.90. The first kappa shape index (κ1) is 18.8. The van der Waals surface area contributed by atoms with Crippen LogP contribution in [0.2, 0.25) is 0 Å². The second-order valence-corrected chi connectivity index (χ2v) is 7.82. The van der Waals surface area contributed by atoms with E-state index in [1.54, 1.807) is 12.4 Å². The van der Waals surface area contributed by atoms with Crippen LogP contribution in [0.4, 0.5) is 11.5 Å². The fourth-order valence-corrected chi connectivity index (χ4v) is 4.28. The number of hydrogen-bond acceptors (Lipinski definition) is 5. The third-order valence-corrected chi connectivity index (χ3v) is 5.94. The van der Waals surface area contributed by atoms with Gasteiger partial charge in [-0.2, -0.15) is 0 Å². The number of rotatable bonds is 6. The molecular weight excluding hydrogens is 356 g/mol. The largest absolute Gasteiger partial charge is 0.496 e. The number of nitrogens with one attached hydrogen (secondary N) is 1. The van der Waals surface area contributed by atoms with E-state index in [2.05, 4.69) is 14.9 Å². The fourth-order valence-electron chi connectivity index (χ4n) is 4.28. The molecule has 0 aromatic carbocycles. The van der Waals surface area contributed by atoms with E-state index in [0.717, 1.165) is 24.4 Å². The second kappa shape index (κ2) is 8.20. The van der Waals surface area contributed by atoms with Crippen molar-refractivity contribution in [2.45, 2.75) is 57.0 Å². The smallest absolute Gasteiger partial charge is 0.222 e. The minimum Gasteiger partial charge on any atom is -0.496 e. The van der Waals surface area contributed by atoms with Crippen LogP contribution in [0.1, 0.15) is 44.9 Å². The first-order valence-electron chi connectivity index (χ1n) is 10.2. The average Bonchev–Trinajstić information content (AvgIpc) is 3.15. The van der Waals surface area contributed by atoms with Crippen molar-refractivity contribution < 1.29 is 9.53 Å². The number of carbonyl (C=O) groups excluding carboxylic acids is 1. The molecule has 28 heavy (non-hydrogen) atoms. The summed E-state index contributed by atoms with van der Waals surface area (Å²) in [7, 11) is 1.94. The lowest BCUT2D eigenvalue weighted by Gasteiger charge is -2.31. The van der Waals surface area contributed by atoms with Crippen molar-refractivity contribution >= 4 is 23.6 Å². The molecule has 0 spiro atoms. The molecular formula is C21H28N4O3. The van der Waals surface area contributed by atoms with E-state index in [0.29, 0.717) is 37.7 Å². The molecule has 1 aliphatic carbocycles. The quantitative estimate of drug-likeness (QED) is 0.765. The van der Waals surface area contributed by atoms with Crippen molar-refractivity contribution in [1.29, 1.82) is 0 Å². The summed E-state index contributed by atoms with van der Waals surface area (Å²) in [6.45, 7) is 1.12. The van der Waals surface area contributed by atoms with E-state index in [-0.39, 0.29) is 17.4 Å². The van der Waals surface area contributed by atoms with Gasteiger partial charge in [0.15, 0.2) is 5.69 Å². The Hall–Kier alpha value is -2.57. The molecule has 0 bridgehead atoms. The van der Waals surface area contributed by atoms with E-state index in [1.807, 2.05) is 18.0 Å². The van der Waals surface area contributed by atoms with Crippen LogP contribution in [0.15, 0.2) is 33.9 Å². The lowest BCUT2D eigenvalue weighted by atomic mass is 9.94. The van der Waals surface area contributed by atoms with Crippen LogP contribution in [-0.2, 0) is 9.53 Å². The highest BCUT2D eigenvalue weighted by Crippen LogP contribution is 2.32. The molecule has 0 saturated heterocycles. The summed E-state index contributed by atoms with van der Waals surface area (Å²) in [5, 5.41) is 0. The summed E-state index contributed by atoms with van der Waals surface area (Å²) in [6.07, 6.45) is 12.7. The van der Waals surface area contributed by atoms with Crippen molar-refractivity contribution in [3.63, 3.8) is 0 Å². The molecule has 1 N–H and O–H groups in total. The zero-order chi connectivity index (χ0) is 19.5. The molecule has 7 heteroatoms. The molecule has 1 fully saturated rings. The third-order valence-electron chi connectivity index (χ3n) is 5.94. The maximum Gasteiger partial charge on any atom is 0.222 e. The predicted molar refractivity (Wildman–Crippen MR) is 109 cm³/mol. The van der Waals surface area contributed by atoms with E-state index < -0.39 is 0 Å². The molecule has 150 valence electrons. The number of amides is 1. The second-order valence-electron chi connectivity index (χ2n) is 7.82. The molecule has 7 nitrogen and oxygen atoms in total. The Balaban J connectivity index is 1.24. The number of aliphatic imine (C=N–C) groups is 1. The van der Waals surface area contributed by atoms with E-state index in [4.69, 9.17) is 4.74 Å². The van der Waals surface area contributed by atoms with Gasteiger partial charge < -0.3 is 19.5 Å². The highest BCUT2D eigenvalue weighted by Gasteiger charge is 2.30. The van der Waals surface area contributed by atoms with Crippen molar-refractivity contribution in [1.82, 2.24) is 9.88 Å². The molecule has 1 amide bonds. The van der Waals surface area contributed by atoms with Gasteiger partial charge in [0.25, 0.3) is 0 Å². The summed E-state index contributed by atoms with van der Waals surface area (Å²) in [5.41, 5.74) is 0.364. The van der Waals surface area contributed by atoms with Crippen molar-refractivity contribution in [3.05, 3.63) is 34.3 Å². The lowest BCUT2D eigenvalue weighted by molar-refractivity contribution is -0.132. The monoisotopic (exact) mass is 384 g/mol. The number of ether oxygens (including phenoxy) is 1. The standard InChI is InChI=1S/C21H28N4O3/c1-24(15-6-3-2-4-7-15)19(27)8-5-11-28-17-12-16-13-23-20-18(26)9-10-22-21(20)25(16)14-17/h9-10,12-13,15-16H,2-8,11,14H2,1H3,(H,22,26). The fraction of sp³-hybridized carbons (Fsp3) is 0.571. The first-order valence-corrected chi connectivity index (χ1v) is 10.2. The molecule has 1 saturated carbocycles. The highest BCUT2D eigenvalue weighted by molar-refractivity contribution is 5.85. The van der Waals surface area contributed by atoms with Crippen LogP contribution in [0.3, 0.4) is 0 Å². The Kier molecular flexibility index (Phi) is 5.50. The van der Waals surface area contributed by atoms with Crippen molar-refractivity contribution in [2.75, 3.05) is 25.1 Å². The minimum absolute atomic E-state index is 0.000355. The number of carbonyl (C=O) groups is 1. The number of H-pyrrole nitrogens is 1. The number of anilines is 1. The molecule has 1 aromatic rings. The maximum absolute atomic E-state index is 12.4. The Labute approximate surface area is 165 Å². The normalized spacial score (nSPS) is 21.1. The van der Waals surface area contributed by atoms with Crippen LogP contribution >= 0.6 is 0 Å². The molecule has 2 aliphatic heterocycles. The van der Waals surface area contributed by atoms with E-state index in [1.165, 1.54) is 25.3 Å². The maximum atomic E-state index is 12.4. The number of fused-ring (bicyclic) bond motifs is 3. The van der Waals surface area contributed by atoms with Crippen LogP contribution in [0.5, 0.6) is 0 Å². The molecule has 1 aromatic heterocycles. The number of pyridine rings is 1. The molecule has 1 atom stereocenters. The van der Waals surface area contributed by atoms with Gasteiger partial charge in [0.05, 0.1) is 19.2 Å². The summed E-state index contributed by atoms with van der Waals surface area (Å²) >= 11 is 0. The molecule has 0 radical (unpaired) electrons. The number of hydrogen-bond donors (Lipinski definition) is 1. The van der Waals surface area contributed by atoms with Gasteiger partial charge in [-0.15, -0.1) is 0 Å². The average molecular weight is 384 g/mol. The zero-order valence-electron chi connectivity index (χ0n) is 16.4. The van der Waals surface area contributed by atoms with Gasteiger partial charge in [-0.05, 0) is 25.3 Å². The summed E-state index contributed by atoms with van der Waals surface area (Å²) < 4.78 is 5.91. The Morgan fingerprint density at radius 3 is 3.00 bits per heavy atom. The number of nitrogens with zero attached hydrogens (tertiary/aromatic N) is 3. The molecule has 4 rings (SSSR count). The van der Waals surface area contributed by atoms with Gasteiger partial charge in [0.1, 0.15) is 11.6 Å². The predicted octanol–water partition coefficient (Wildman–Crippen LogP) is 2.75. The summed E-state index contributed by atoms with van der Waals surface area (Å²) in [4.78, 5) is 35.8. The topological polar surface area (TPSA) is 78.0 Å². The van der Waals surface area contributed by atoms with Crippen LogP contribution in [0.25, 0.3) is 0 Å². The highest BCUT2D eigenvalue weighted by atomic mass is 16.5. The van der Waals surface area contributed by atoms with Gasteiger partial charge in [0, 0.05) is 38.0 Å². The van der Waals surface area contributed by atoms with Crippen LogP contribution < -0.4 is 10.3 Å². The van der Waals surface area contributed by atoms with Gasteiger partial charge in [0.2, 0.25) is 11.3 Å². The number of aromatic nitrogens is 1. The van der Waals surface area contributed by atoms with Crippen LogP contribution in [0, 0.1) is 0 Å². The minimum atomic E-state index is -0.0848. The molecule has 3 aliphatic rings. The van der Waals surface area contributed by atoms with E-state index in [9.17, 15) is 9.59 Å². The Morgan fingerprint density at radius 2 is 2.18 bits per heavy atom. The molecule has 1 unspecified atom stereocenters. The van der Waals surface area contributed by atoms with E-state index >= 15 is 0 Å². The lowest BCUT2D eigenvalue weighted by Crippen LogP contribution is -2.38.